The topological polar surface area (TPSA) is 0 Å². The standard InChI is InChI=1S/C11H24Si/c1-10(11(2,3)4)8-9-12(5,6)7/h1,8-9H2,2-7H3. The van der Waals surface area contributed by atoms with Gasteiger partial charge in [0.25, 0.3) is 0 Å². The number of allylic oxidation sites excluding steroid dienone is 1. The lowest BCUT2D eigenvalue weighted by Crippen LogP contribution is -2.20. The van der Waals surface area contributed by atoms with Crippen molar-refractivity contribution in [2.75, 3.05) is 0 Å². The Morgan fingerprint density at radius 3 is 1.83 bits per heavy atom. The Bertz CT molecular complexity index is 155. The van der Waals surface area contributed by atoms with Gasteiger partial charge in [0.05, 0.1) is 0 Å². The van der Waals surface area contributed by atoms with Gasteiger partial charge in [-0.1, -0.05) is 58.6 Å². The number of hydrogen-bond acceptors (Lipinski definition) is 0. The third kappa shape index (κ3) is 5.59. The van der Waals surface area contributed by atoms with Crippen LogP contribution in [0.3, 0.4) is 0 Å². The van der Waals surface area contributed by atoms with Crippen molar-refractivity contribution in [2.45, 2.75) is 52.9 Å². The normalized spacial score (nSPS) is 13.2. The average molecular weight is 184 g/mol. The average Bonchev–Trinajstić information content (AvgIpc) is 1.78. The molecule has 0 bridgehead atoms. The maximum absolute atomic E-state index is 4.15. The number of hydrogen-bond donors (Lipinski definition) is 0. The molecule has 0 saturated carbocycles. The fourth-order valence-corrected chi connectivity index (χ4v) is 1.95. The van der Waals surface area contributed by atoms with Crippen LogP contribution in [0.15, 0.2) is 12.2 Å². The predicted molar refractivity (Wildman–Crippen MR) is 61.4 cm³/mol. The summed E-state index contributed by atoms with van der Waals surface area (Å²) in [5, 5.41) is 0. The SMILES string of the molecule is C=C(CC[Si](C)(C)C)C(C)(C)C. The first kappa shape index (κ1) is 12.0. The molecule has 0 aliphatic rings. The molecule has 0 aromatic rings. The summed E-state index contributed by atoms with van der Waals surface area (Å²) in [6.07, 6.45) is 1.22. The molecule has 0 aliphatic carbocycles. The lowest BCUT2D eigenvalue weighted by molar-refractivity contribution is 0.490. The Kier molecular flexibility index (Phi) is 3.76. The minimum absolute atomic E-state index is 0.305. The van der Waals surface area contributed by atoms with E-state index in [0.717, 1.165) is 0 Å². The van der Waals surface area contributed by atoms with Crippen LogP contribution in [0.4, 0.5) is 0 Å². The molecular formula is C11H24Si. The van der Waals surface area contributed by atoms with Gasteiger partial charge in [-0.2, -0.15) is 0 Å². The fraction of sp³-hybridized carbons (Fsp3) is 0.818. The lowest BCUT2D eigenvalue weighted by Gasteiger charge is -2.24. The van der Waals surface area contributed by atoms with Crippen molar-refractivity contribution in [3.63, 3.8) is 0 Å². The van der Waals surface area contributed by atoms with E-state index < -0.39 is 8.07 Å². The molecule has 0 aromatic heterocycles. The van der Waals surface area contributed by atoms with Gasteiger partial charge >= 0.3 is 0 Å². The van der Waals surface area contributed by atoms with Crippen molar-refractivity contribution < 1.29 is 0 Å². The quantitative estimate of drug-likeness (QED) is 0.453. The summed E-state index contributed by atoms with van der Waals surface area (Å²) in [6, 6.07) is 1.38. The summed E-state index contributed by atoms with van der Waals surface area (Å²) < 4.78 is 0. The molecule has 0 aliphatic heterocycles. The Labute approximate surface area is 79.1 Å². The number of rotatable bonds is 3. The third-order valence-corrected chi connectivity index (χ3v) is 3.99. The second kappa shape index (κ2) is 3.78. The molecule has 0 N–H and O–H groups in total. The van der Waals surface area contributed by atoms with Crippen LogP contribution in [0.5, 0.6) is 0 Å². The van der Waals surface area contributed by atoms with Gasteiger partial charge in [0.1, 0.15) is 0 Å². The molecule has 0 fully saturated rings. The zero-order valence-corrected chi connectivity index (χ0v) is 10.6. The minimum atomic E-state index is -0.860. The Hall–Kier alpha value is -0.0431. The van der Waals surface area contributed by atoms with Crippen molar-refractivity contribution in [1.82, 2.24) is 0 Å². The van der Waals surface area contributed by atoms with E-state index in [-0.39, 0.29) is 0 Å². The van der Waals surface area contributed by atoms with Crippen LogP contribution in [0, 0.1) is 5.41 Å². The van der Waals surface area contributed by atoms with Gasteiger partial charge in [-0.15, -0.1) is 0 Å². The molecule has 12 heavy (non-hydrogen) atoms. The van der Waals surface area contributed by atoms with Gasteiger partial charge in [0.2, 0.25) is 0 Å². The largest absolute Gasteiger partial charge is 0.0993 e. The van der Waals surface area contributed by atoms with Crippen LogP contribution in [0.25, 0.3) is 0 Å². The van der Waals surface area contributed by atoms with E-state index in [4.69, 9.17) is 0 Å². The molecule has 0 aromatic carbocycles. The van der Waals surface area contributed by atoms with E-state index >= 15 is 0 Å². The predicted octanol–water partition coefficient (Wildman–Crippen LogP) is 4.32. The van der Waals surface area contributed by atoms with Gasteiger partial charge in [-0.3, -0.25) is 0 Å². The van der Waals surface area contributed by atoms with Crippen molar-refractivity contribution in [3.8, 4) is 0 Å². The Morgan fingerprint density at radius 2 is 1.58 bits per heavy atom. The highest BCUT2D eigenvalue weighted by Crippen LogP contribution is 2.29. The van der Waals surface area contributed by atoms with Crippen LogP contribution in [0.2, 0.25) is 25.7 Å². The summed E-state index contributed by atoms with van der Waals surface area (Å²) in [6.45, 7) is 18.2. The van der Waals surface area contributed by atoms with Gasteiger partial charge < -0.3 is 0 Å². The molecule has 0 nitrogen and oxygen atoms in total. The molecule has 0 atom stereocenters. The van der Waals surface area contributed by atoms with E-state index in [1.54, 1.807) is 0 Å². The molecule has 0 saturated heterocycles. The molecule has 0 rings (SSSR count). The maximum Gasteiger partial charge on any atom is 0.0445 e. The Morgan fingerprint density at radius 1 is 1.17 bits per heavy atom. The first-order chi connectivity index (χ1) is 5.13. The molecule has 0 unspecified atom stereocenters. The van der Waals surface area contributed by atoms with E-state index in [9.17, 15) is 0 Å². The smallest absolute Gasteiger partial charge is 0.0445 e. The maximum atomic E-state index is 4.15. The highest BCUT2D eigenvalue weighted by Gasteiger charge is 2.18. The van der Waals surface area contributed by atoms with Crippen LogP contribution in [0.1, 0.15) is 27.2 Å². The lowest BCUT2D eigenvalue weighted by atomic mass is 9.86. The zero-order chi connectivity index (χ0) is 9.99. The fourth-order valence-electron chi connectivity index (χ4n) is 0.901. The Balaban J connectivity index is 3.90. The second-order valence-corrected chi connectivity index (χ2v) is 11.5. The van der Waals surface area contributed by atoms with Crippen LogP contribution < -0.4 is 0 Å². The van der Waals surface area contributed by atoms with Crippen molar-refractivity contribution in [2.24, 2.45) is 5.41 Å². The van der Waals surface area contributed by atoms with Gasteiger partial charge in [-0.25, -0.2) is 0 Å². The first-order valence-corrected chi connectivity index (χ1v) is 8.52. The van der Waals surface area contributed by atoms with Crippen molar-refractivity contribution in [1.29, 1.82) is 0 Å². The van der Waals surface area contributed by atoms with Gasteiger partial charge in [-0.05, 0) is 11.8 Å². The molecular weight excluding hydrogens is 160 g/mol. The molecule has 0 spiro atoms. The molecule has 72 valence electrons. The summed E-state index contributed by atoms with van der Waals surface area (Å²) >= 11 is 0. The zero-order valence-electron chi connectivity index (χ0n) is 9.62. The van der Waals surface area contributed by atoms with E-state index in [1.165, 1.54) is 18.0 Å². The third-order valence-electron chi connectivity index (χ3n) is 2.24. The first-order valence-electron chi connectivity index (χ1n) is 4.81. The highest BCUT2D eigenvalue weighted by atomic mass is 28.3. The summed E-state index contributed by atoms with van der Waals surface area (Å²) in [4.78, 5) is 0. The molecule has 0 heterocycles. The van der Waals surface area contributed by atoms with Crippen LogP contribution in [-0.2, 0) is 0 Å². The van der Waals surface area contributed by atoms with Crippen LogP contribution >= 0.6 is 0 Å². The molecule has 1 heteroatoms. The van der Waals surface area contributed by atoms with E-state index in [1.807, 2.05) is 0 Å². The van der Waals surface area contributed by atoms with Gasteiger partial charge in [0.15, 0.2) is 0 Å². The van der Waals surface area contributed by atoms with Crippen LogP contribution in [-0.4, -0.2) is 8.07 Å². The minimum Gasteiger partial charge on any atom is -0.0993 e. The van der Waals surface area contributed by atoms with Gasteiger partial charge in [0, 0.05) is 8.07 Å². The highest BCUT2D eigenvalue weighted by molar-refractivity contribution is 6.76. The van der Waals surface area contributed by atoms with Crippen molar-refractivity contribution >= 4 is 8.07 Å². The molecule has 0 radical (unpaired) electrons. The molecule has 0 amide bonds. The van der Waals surface area contributed by atoms with E-state index in [0.29, 0.717) is 5.41 Å². The summed E-state index contributed by atoms with van der Waals surface area (Å²) in [5.41, 5.74) is 1.71. The second-order valence-electron chi connectivity index (χ2n) is 5.91. The monoisotopic (exact) mass is 184 g/mol. The van der Waals surface area contributed by atoms with Crippen molar-refractivity contribution in [3.05, 3.63) is 12.2 Å². The summed E-state index contributed by atoms with van der Waals surface area (Å²) in [7, 11) is -0.860. The summed E-state index contributed by atoms with van der Waals surface area (Å²) in [5.74, 6) is 0. The van der Waals surface area contributed by atoms with E-state index in [2.05, 4.69) is 47.0 Å².